The van der Waals surface area contributed by atoms with Gasteiger partial charge in [0.25, 0.3) is 0 Å². The molecule has 1 fully saturated rings. The normalized spacial score (nSPS) is 18.4. The van der Waals surface area contributed by atoms with E-state index in [-0.39, 0.29) is 0 Å². The number of hydrogen-bond donors (Lipinski definition) is 0. The second-order valence-electron chi connectivity index (χ2n) is 5.43. The average molecular weight is 268 g/mol. The van der Waals surface area contributed by atoms with Crippen molar-refractivity contribution in [1.29, 1.82) is 0 Å². The summed E-state index contributed by atoms with van der Waals surface area (Å²) in [6, 6.07) is 3.92. The summed E-state index contributed by atoms with van der Waals surface area (Å²) in [7, 11) is 4.40. The monoisotopic (exact) mass is 267 g/mol. The van der Waals surface area contributed by atoms with Crippen LogP contribution in [0.5, 0.6) is 0 Å². The van der Waals surface area contributed by atoms with Crippen LogP contribution < -0.4 is 0 Å². The number of likely N-dealkylation sites (tertiary alicyclic amines) is 1. The van der Waals surface area contributed by atoms with Crippen LogP contribution >= 0.6 is 11.6 Å². The van der Waals surface area contributed by atoms with Crippen LogP contribution in [0.3, 0.4) is 0 Å². The number of piperidine rings is 1. The summed E-state index contributed by atoms with van der Waals surface area (Å²) in [4.78, 5) is 8.93. The quantitative estimate of drug-likeness (QED) is 0.782. The van der Waals surface area contributed by atoms with Crippen LogP contribution in [0, 0.1) is 5.92 Å². The van der Waals surface area contributed by atoms with E-state index in [1.54, 1.807) is 0 Å². The lowest BCUT2D eigenvalue weighted by Gasteiger charge is -2.31. The molecule has 2 rings (SSSR count). The van der Waals surface area contributed by atoms with Crippen molar-refractivity contribution in [3.8, 4) is 0 Å². The lowest BCUT2D eigenvalue weighted by molar-refractivity contribution is 0.173. The van der Waals surface area contributed by atoms with E-state index < -0.39 is 0 Å². The molecule has 4 heteroatoms. The van der Waals surface area contributed by atoms with E-state index in [9.17, 15) is 0 Å². The highest BCUT2D eigenvalue weighted by molar-refractivity contribution is 6.29. The van der Waals surface area contributed by atoms with Gasteiger partial charge in [0, 0.05) is 19.3 Å². The van der Waals surface area contributed by atoms with Gasteiger partial charge < -0.3 is 9.80 Å². The van der Waals surface area contributed by atoms with Gasteiger partial charge in [0.1, 0.15) is 5.15 Å². The van der Waals surface area contributed by atoms with Crippen LogP contribution in [0.4, 0.5) is 0 Å². The van der Waals surface area contributed by atoms with E-state index in [4.69, 9.17) is 11.6 Å². The van der Waals surface area contributed by atoms with Gasteiger partial charge in [0.05, 0.1) is 0 Å². The van der Waals surface area contributed by atoms with Crippen LogP contribution in [0.15, 0.2) is 18.3 Å². The highest BCUT2D eigenvalue weighted by Crippen LogP contribution is 2.17. The predicted octanol–water partition coefficient (Wildman–Crippen LogP) is 2.51. The Kier molecular flexibility index (Phi) is 4.98. The van der Waals surface area contributed by atoms with Gasteiger partial charge >= 0.3 is 0 Å². The fraction of sp³-hybridized carbons (Fsp3) is 0.643. The molecule has 1 aromatic heterocycles. The molecule has 1 aromatic rings. The second kappa shape index (κ2) is 6.50. The molecule has 0 aliphatic carbocycles. The molecule has 1 aliphatic heterocycles. The zero-order chi connectivity index (χ0) is 13.0. The van der Waals surface area contributed by atoms with E-state index in [1.807, 2.05) is 12.3 Å². The number of hydrogen-bond acceptors (Lipinski definition) is 3. The van der Waals surface area contributed by atoms with Crippen LogP contribution in [0.1, 0.15) is 18.4 Å². The summed E-state index contributed by atoms with van der Waals surface area (Å²) < 4.78 is 0. The van der Waals surface area contributed by atoms with Gasteiger partial charge in [-0.15, -0.1) is 0 Å². The van der Waals surface area contributed by atoms with E-state index in [2.05, 4.69) is 34.9 Å². The van der Waals surface area contributed by atoms with Crippen molar-refractivity contribution >= 4 is 11.6 Å². The minimum atomic E-state index is 0.566. The van der Waals surface area contributed by atoms with Crippen molar-refractivity contribution in [2.75, 3.05) is 33.7 Å². The Morgan fingerprint density at radius 2 is 2.11 bits per heavy atom. The van der Waals surface area contributed by atoms with Gasteiger partial charge in [-0.2, -0.15) is 0 Å². The number of pyridine rings is 1. The maximum absolute atomic E-state index is 5.79. The first kappa shape index (κ1) is 13.8. The summed E-state index contributed by atoms with van der Waals surface area (Å²) in [5, 5.41) is 0.566. The molecule has 0 aromatic carbocycles. The number of aromatic nitrogens is 1. The molecule has 3 nitrogen and oxygen atoms in total. The van der Waals surface area contributed by atoms with Crippen molar-refractivity contribution in [3.63, 3.8) is 0 Å². The molecule has 1 aliphatic rings. The Bertz CT molecular complexity index is 358. The smallest absolute Gasteiger partial charge is 0.129 e. The molecule has 1 saturated heterocycles. The maximum atomic E-state index is 5.79. The standard InChI is InChI=1S/C14H22ClN3/c1-17-7-5-12(6-8-17)10-18(2)11-13-3-4-14(15)16-9-13/h3-4,9,12H,5-8,10-11H2,1-2H3. The summed E-state index contributed by atoms with van der Waals surface area (Å²) in [6.07, 6.45) is 4.51. The van der Waals surface area contributed by atoms with E-state index in [1.165, 1.54) is 38.0 Å². The van der Waals surface area contributed by atoms with Gasteiger partial charge in [0.15, 0.2) is 0 Å². The maximum Gasteiger partial charge on any atom is 0.129 e. The number of rotatable bonds is 4. The number of nitrogens with zero attached hydrogens (tertiary/aromatic N) is 3. The van der Waals surface area contributed by atoms with Crippen molar-refractivity contribution < 1.29 is 0 Å². The SMILES string of the molecule is CN1CCC(CN(C)Cc2ccc(Cl)nc2)CC1. The third kappa shape index (κ3) is 4.23. The Labute approximate surface area is 115 Å². The highest BCUT2D eigenvalue weighted by Gasteiger charge is 2.18. The third-order valence-corrected chi connectivity index (χ3v) is 3.87. The Balaban J connectivity index is 1.78. The molecule has 0 atom stereocenters. The molecule has 2 heterocycles. The molecule has 0 N–H and O–H groups in total. The topological polar surface area (TPSA) is 19.4 Å². The van der Waals surface area contributed by atoms with Crippen LogP contribution in [0.2, 0.25) is 5.15 Å². The first-order valence-electron chi connectivity index (χ1n) is 6.61. The summed E-state index contributed by atoms with van der Waals surface area (Å²) in [5.74, 6) is 0.839. The number of halogens is 1. The van der Waals surface area contributed by atoms with E-state index >= 15 is 0 Å². The average Bonchev–Trinajstić information content (AvgIpc) is 2.35. The minimum absolute atomic E-state index is 0.566. The Hall–Kier alpha value is -0.640. The lowest BCUT2D eigenvalue weighted by Crippen LogP contribution is -2.35. The summed E-state index contributed by atoms with van der Waals surface area (Å²) in [5.41, 5.74) is 1.23. The molecule has 0 saturated carbocycles. The van der Waals surface area contributed by atoms with Gasteiger partial charge in [-0.3, -0.25) is 0 Å². The lowest BCUT2D eigenvalue weighted by atomic mass is 9.96. The van der Waals surface area contributed by atoms with Gasteiger partial charge in [-0.25, -0.2) is 4.98 Å². The summed E-state index contributed by atoms with van der Waals surface area (Å²) >= 11 is 5.79. The zero-order valence-corrected chi connectivity index (χ0v) is 12.0. The molecule has 0 spiro atoms. The molecule has 0 bridgehead atoms. The largest absolute Gasteiger partial charge is 0.306 e. The molecule has 0 unspecified atom stereocenters. The Morgan fingerprint density at radius 3 is 2.72 bits per heavy atom. The van der Waals surface area contributed by atoms with Crippen LogP contribution in [-0.2, 0) is 6.54 Å². The van der Waals surface area contributed by atoms with Gasteiger partial charge in [-0.05, 0) is 57.6 Å². The fourth-order valence-corrected chi connectivity index (χ4v) is 2.67. The van der Waals surface area contributed by atoms with E-state index in [0.29, 0.717) is 5.15 Å². The third-order valence-electron chi connectivity index (χ3n) is 3.65. The first-order valence-corrected chi connectivity index (χ1v) is 6.99. The molecular formula is C14H22ClN3. The summed E-state index contributed by atoms with van der Waals surface area (Å²) in [6.45, 7) is 4.61. The molecule has 0 radical (unpaired) electrons. The van der Waals surface area contributed by atoms with Gasteiger partial charge in [0.2, 0.25) is 0 Å². The van der Waals surface area contributed by atoms with Crippen molar-refractivity contribution in [1.82, 2.24) is 14.8 Å². The molecule has 18 heavy (non-hydrogen) atoms. The van der Waals surface area contributed by atoms with Crippen LogP contribution in [0.25, 0.3) is 0 Å². The van der Waals surface area contributed by atoms with Crippen LogP contribution in [-0.4, -0.2) is 48.5 Å². The van der Waals surface area contributed by atoms with Crippen molar-refractivity contribution in [3.05, 3.63) is 29.0 Å². The predicted molar refractivity (Wildman–Crippen MR) is 75.8 cm³/mol. The second-order valence-corrected chi connectivity index (χ2v) is 5.82. The fourth-order valence-electron chi connectivity index (χ4n) is 2.56. The van der Waals surface area contributed by atoms with Crippen molar-refractivity contribution in [2.45, 2.75) is 19.4 Å². The van der Waals surface area contributed by atoms with Gasteiger partial charge in [-0.1, -0.05) is 17.7 Å². The van der Waals surface area contributed by atoms with Crippen molar-refractivity contribution in [2.24, 2.45) is 5.92 Å². The molecule has 100 valence electrons. The molecular weight excluding hydrogens is 246 g/mol. The molecule has 0 amide bonds. The highest BCUT2D eigenvalue weighted by atomic mass is 35.5. The zero-order valence-electron chi connectivity index (χ0n) is 11.3. The first-order chi connectivity index (χ1) is 8.63. The Morgan fingerprint density at radius 1 is 1.39 bits per heavy atom. The van der Waals surface area contributed by atoms with E-state index in [0.717, 1.165) is 12.5 Å². The minimum Gasteiger partial charge on any atom is -0.306 e.